The minimum absolute atomic E-state index is 0.388. The lowest BCUT2D eigenvalue weighted by Crippen LogP contribution is -2.20. The maximum absolute atomic E-state index is 10.4. The van der Waals surface area contributed by atoms with Crippen LogP contribution in [0.4, 0.5) is 4.79 Å². The van der Waals surface area contributed by atoms with Crippen LogP contribution in [0.25, 0.3) is 0 Å². The predicted octanol–water partition coefficient (Wildman–Crippen LogP) is 2.15. The molecule has 1 aromatic rings. The smallest absolute Gasteiger partial charge is 0.448 e. The minimum Gasteiger partial charge on any atom is -0.448 e. The fraction of sp³-hybridized carbons (Fsp3) is 0.545. The van der Waals surface area contributed by atoms with E-state index in [9.17, 15) is 4.79 Å². The van der Waals surface area contributed by atoms with Crippen LogP contribution in [0, 0.1) is 5.92 Å². The number of aromatic nitrogens is 2. The lowest BCUT2D eigenvalue weighted by atomic mass is 10.3. The number of nitrogens with zero attached hydrogens (tertiary/aromatic N) is 3. The van der Waals surface area contributed by atoms with Gasteiger partial charge in [0, 0.05) is 17.5 Å². The van der Waals surface area contributed by atoms with E-state index in [0.717, 1.165) is 22.2 Å². The van der Waals surface area contributed by atoms with Gasteiger partial charge < -0.3 is 9.94 Å². The Morgan fingerprint density at radius 3 is 3.06 bits per heavy atom. The summed E-state index contributed by atoms with van der Waals surface area (Å²) < 4.78 is 0. The second kappa shape index (κ2) is 5.53. The molecule has 0 aromatic carbocycles. The molecule has 7 heteroatoms. The first-order chi connectivity index (χ1) is 8.54. The van der Waals surface area contributed by atoms with Gasteiger partial charge >= 0.3 is 6.16 Å². The van der Waals surface area contributed by atoms with Crippen molar-refractivity contribution < 1.29 is 14.7 Å². The van der Waals surface area contributed by atoms with Gasteiger partial charge in [0.1, 0.15) is 0 Å². The molecule has 0 aliphatic carbocycles. The fourth-order valence-electron chi connectivity index (χ4n) is 1.59. The molecular formula is C11H15N3O3S. The van der Waals surface area contributed by atoms with Crippen LogP contribution in [0.5, 0.6) is 0 Å². The summed E-state index contributed by atoms with van der Waals surface area (Å²) in [5.74, 6) is 1.55. The number of thioether (sulfide) groups is 1. The van der Waals surface area contributed by atoms with Gasteiger partial charge in [0.15, 0.2) is 5.16 Å². The Morgan fingerprint density at radius 1 is 1.61 bits per heavy atom. The molecule has 0 amide bonds. The first kappa shape index (κ1) is 13.1. The molecular weight excluding hydrogens is 254 g/mol. The number of hydrogen-bond donors (Lipinski definition) is 1. The Morgan fingerprint density at radius 2 is 2.39 bits per heavy atom. The molecule has 1 aliphatic rings. The van der Waals surface area contributed by atoms with E-state index in [2.05, 4.69) is 28.7 Å². The Kier molecular flexibility index (Phi) is 4.03. The van der Waals surface area contributed by atoms with Crippen LogP contribution < -0.4 is 0 Å². The Labute approximate surface area is 109 Å². The maximum atomic E-state index is 10.4. The first-order valence-electron chi connectivity index (χ1n) is 5.68. The summed E-state index contributed by atoms with van der Waals surface area (Å²) in [6.45, 7) is 5.09. The second-order valence-corrected chi connectivity index (χ2v) is 5.47. The van der Waals surface area contributed by atoms with Gasteiger partial charge in [-0.15, -0.1) is 5.06 Å². The zero-order valence-electron chi connectivity index (χ0n) is 10.3. The van der Waals surface area contributed by atoms with Gasteiger partial charge in [-0.2, -0.15) is 0 Å². The molecule has 98 valence electrons. The topological polar surface area (TPSA) is 75.5 Å². The molecule has 18 heavy (non-hydrogen) atoms. The highest BCUT2D eigenvalue weighted by atomic mass is 32.2. The van der Waals surface area contributed by atoms with Crippen molar-refractivity contribution >= 4 is 17.9 Å². The molecule has 0 fully saturated rings. The van der Waals surface area contributed by atoms with Gasteiger partial charge in [-0.05, 0) is 5.92 Å². The van der Waals surface area contributed by atoms with Crippen molar-refractivity contribution in [3.05, 3.63) is 17.5 Å². The van der Waals surface area contributed by atoms with Gasteiger partial charge in [0.25, 0.3) is 0 Å². The monoisotopic (exact) mass is 269 g/mol. The van der Waals surface area contributed by atoms with E-state index in [1.165, 1.54) is 5.06 Å². The van der Waals surface area contributed by atoms with Crippen LogP contribution in [0.3, 0.4) is 0 Å². The zero-order valence-corrected chi connectivity index (χ0v) is 11.1. The van der Waals surface area contributed by atoms with Crippen molar-refractivity contribution in [3.8, 4) is 0 Å². The van der Waals surface area contributed by atoms with E-state index >= 15 is 0 Å². The van der Waals surface area contributed by atoms with Crippen molar-refractivity contribution in [2.75, 3.05) is 5.75 Å². The summed E-state index contributed by atoms with van der Waals surface area (Å²) in [5, 5.41) is 10.6. The summed E-state index contributed by atoms with van der Waals surface area (Å²) in [5.41, 5.74) is 1.77. The van der Waals surface area contributed by atoms with E-state index < -0.39 is 6.16 Å². The van der Waals surface area contributed by atoms with E-state index in [0.29, 0.717) is 19.0 Å². The van der Waals surface area contributed by atoms with Crippen LogP contribution >= 0.6 is 11.8 Å². The summed E-state index contributed by atoms with van der Waals surface area (Å²) in [7, 11) is 0. The van der Waals surface area contributed by atoms with Gasteiger partial charge in [0.05, 0.1) is 18.8 Å². The van der Waals surface area contributed by atoms with Crippen LogP contribution in [0.15, 0.2) is 11.4 Å². The van der Waals surface area contributed by atoms with Crippen LogP contribution in [-0.4, -0.2) is 32.0 Å². The van der Waals surface area contributed by atoms with Gasteiger partial charge in [-0.25, -0.2) is 14.8 Å². The number of carboxylic acid groups (broad SMARTS) is 1. The summed E-state index contributed by atoms with van der Waals surface area (Å²) in [6, 6.07) is 0. The normalized spacial score (nSPS) is 14.8. The summed E-state index contributed by atoms with van der Waals surface area (Å²) in [4.78, 5) is 23.7. The predicted molar refractivity (Wildman–Crippen MR) is 66.0 cm³/mol. The highest BCUT2D eigenvalue weighted by Gasteiger charge is 2.24. The van der Waals surface area contributed by atoms with Crippen molar-refractivity contribution in [1.29, 1.82) is 0 Å². The van der Waals surface area contributed by atoms with E-state index in [4.69, 9.17) is 5.11 Å². The molecule has 1 aromatic heterocycles. The quantitative estimate of drug-likeness (QED) is 0.663. The molecule has 0 spiro atoms. The van der Waals surface area contributed by atoms with Crippen molar-refractivity contribution in [2.24, 2.45) is 5.92 Å². The number of carbonyl (C=O) groups is 1. The minimum atomic E-state index is -1.30. The van der Waals surface area contributed by atoms with Gasteiger partial charge in [-0.3, -0.25) is 0 Å². The third kappa shape index (κ3) is 3.33. The number of fused-ring (bicyclic) bond motifs is 1. The average molecular weight is 269 g/mol. The highest BCUT2D eigenvalue weighted by molar-refractivity contribution is 7.99. The van der Waals surface area contributed by atoms with Crippen LogP contribution in [0.1, 0.15) is 25.1 Å². The zero-order chi connectivity index (χ0) is 13.1. The van der Waals surface area contributed by atoms with Crippen LogP contribution in [-0.2, 0) is 17.9 Å². The van der Waals surface area contributed by atoms with Gasteiger partial charge in [0.2, 0.25) is 0 Å². The summed E-state index contributed by atoms with van der Waals surface area (Å²) in [6.07, 6.45) is 0.445. The second-order valence-electron chi connectivity index (χ2n) is 4.48. The molecule has 6 nitrogen and oxygen atoms in total. The number of hydroxylamine groups is 2. The van der Waals surface area contributed by atoms with Crippen LogP contribution in [0.2, 0.25) is 0 Å². The fourth-order valence-corrected chi connectivity index (χ4v) is 2.38. The molecule has 0 bridgehead atoms. The Bertz CT molecular complexity index is 453. The first-order valence-corrected chi connectivity index (χ1v) is 6.66. The molecule has 0 unspecified atom stereocenters. The Hall–Kier alpha value is -1.34. The average Bonchev–Trinajstić information content (AvgIpc) is 2.66. The highest BCUT2D eigenvalue weighted by Crippen LogP contribution is 2.24. The Balaban J connectivity index is 2.00. The lowest BCUT2D eigenvalue weighted by Gasteiger charge is -2.09. The maximum Gasteiger partial charge on any atom is 0.525 e. The third-order valence-corrected chi connectivity index (χ3v) is 3.65. The molecule has 0 radical (unpaired) electrons. The van der Waals surface area contributed by atoms with E-state index in [1.807, 2.05) is 0 Å². The molecule has 0 atom stereocenters. The molecule has 1 aliphatic heterocycles. The standard InChI is InChI=1S/C11H15N3O3S/c1-7(2)6-18-10-12-3-8-4-14(17-11(15)16)5-9(8)13-10/h3,7H,4-6H2,1-2H3,(H,15,16). The lowest BCUT2D eigenvalue weighted by molar-refractivity contribution is -0.125. The largest absolute Gasteiger partial charge is 0.525 e. The van der Waals surface area contributed by atoms with E-state index in [-0.39, 0.29) is 0 Å². The van der Waals surface area contributed by atoms with Crippen molar-refractivity contribution in [3.63, 3.8) is 0 Å². The molecule has 2 heterocycles. The summed E-state index contributed by atoms with van der Waals surface area (Å²) >= 11 is 1.61. The number of hydrogen-bond acceptors (Lipinski definition) is 6. The number of rotatable bonds is 4. The SMILES string of the molecule is CC(C)CSc1ncc2c(n1)CN(OC(=O)O)C2. The third-order valence-electron chi connectivity index (χ3n) is 2.36. The van der Waals surface area contributed by atoms with Gasteiger partial charge in [-0.1, -0.05) is 25.6 Å². The van der Waals surface area contributed by atoms with Crippen molar-refractivity contribution in [2.45, 2.75) is 32.1 Å². The van der Waals surface area contributed by atoms with E-state index in [1.54, 1.807) is 18.0 Å². The molecule has 1 N–H and O–H groups in total. The molecule has 0 saturated heterocycles. The molecule has 0 saturated carbocycles. The molecule has 2 rings (SSSR count). The van der Waals surface area contributed by atoms with Crippen molar-refractivity contribution in [1.82, 2.24) is 15.0 Å².